The Labute approximate surface area is 116 Å². The van der Waals surface area contributed by atoms with Gasteiger partial charge in [0.05, 0.1) is 5.41 Å². The maximum atomic E-state index is 12.3. The van der Waals surface area contributed by atoms with Crippen LogP contribution in [-0.2, 0) is 4.79 Å². The van der Waals surface area contributed by atoms with Crippen molar-refractivity contribution in [2.24, 2.45) is 5.41 Å². The third kappa shape index (κ3) is 2.61. The van der Waals surface area contributed by atoms with Gasteiger partial charge in [-0.25, -0.2) is 4.79 Å². The van der Waals surface area contributed by atoms with Gasteiger partial charge in [0, 0.05) is 19.3 Å². The number of carboxylic acid groups (broad SMARTS) is 1. The van der Waals surface area contributed by atoms with Crippen molar-refractivity contribution < 1.29 is 14.7 Å². The van der Waals surface area contributed by atoms with Crippen molar-refractivity contribution >= 4 is 11.9 Å². The second-order valence-electron chi connectivity index (χ2n) is 5.32. The van der Waals surface area contributed by atoms with Crippen molar-refractivity contribution in [2.75, 3.05) is 13.1 Å². The Morgan fingerprint density at radius 3 is 2.80 bits per heavy atom. The number of nitrogens with one attached hydrogen (secondary N) is 2. The molecule has 3 N–H and O–H groups in total. The number of carboxylic acids is 1. The standard InChI is InChI=1S/C13H19N3O4/c1-2-4-13(11(18)19)5-3-6-16(8-13)10(17)9-7-14-12(20)15-9/h7H,2-6,8H2,1H3,(H,18,19)(H2,14,15,20). The van der Waals surface area contributed by atoms with Crippen LogP contribution in [0.15, 0.2) is 11.0 Å². The van der Waals surface area contributed by atoms with E-state index < -0.39 is 17.1 Å². The smallest absolute Gasteiger partial charge is 0.323 e. The van der Waals surface area contributed by atoms with Crippen LogP contribution in [0.3, 0.4) is 0 Å². The molecule has 0 spiro atoms. The molecule has 0 aliphatic carbocycles. The van der Waals surface area contributed by atoms with Gasteiger partial charge in [0.25, 0.3) is 5.91 Å². The van der Waals surface area contributed by atoms with Gasteiger partial charge in [-0.05, 0) is 19.3 Å². The van der Waals surface area contributed by atoms with E-state index in [1.807, 2.05) is 6.92 Å². The van der Waals surface area contributed by atoms with Crippen LogP contribution in [0.5, 0.6) is 0 Å². The molecule has 0 radical (unpaired) electrons. The molecular formula is C13H19N3O4. The number of rotatable bonds is 4. The molecule has 2 rings (SSSR count). The molecule has 1 saturated heterocycles. The maximum absolute atomic E-state index is 12.3. The quantitative estimate of drug-likeness (QED) is 0.759. The number of hydrogen-bond donors (Lipinski definition) is 3. The Hall–Kier alpha value is -2.05. The van der Waals surface area contributed by atoms with Crippen LogP contribution in [0.4, 0.5) is 0 Å². The molecule has 1 aromatic rings. The Morgan fingerprint density at radius 1 is 1.50 bits per heavy atom. The van der Waals surface area contributed by atoms with Gasteiger partial charge in [0.15, 0.2) is 0 Å². The molecule has 0 aromatic carbocycles. The lowest BCUT2D eigenvalue weighted by Gasteiger charge is -2.39. The molecular weight excluding hydrogens is 262 g/mol. The molecule has 1 unspecified atom stereocenters. The predicted molar refractivity (Wildman–Crippen MR) is 71.5 cm³/mol. The molecule has 7 nitrogen and oxygen atoms in total. The minimum Gasteiger partial charge on any atom is -0.481 e. The highest BCUT2D eigenvalue weighted by Gasteiger charge is 2.43. The topological polar surface area (TPSA) is 106 Å². The van der Waals surface area contributed by atoms with E-state index in [9.17, 15) is 19.5 Å². The summed E-state index contributed by atoms with van der Waals surface area (Å²) < 4.78 is 0. The highest BCUT2D eigenvalue weighted by Crippen LogP contribution is 2.35. The predicted octanol–water partition coefficient (Wildman–Crippen LogP) is 0.810. The Bertz CT molecular complexity index is 558. The molecule has 2 heterocycles. The monoisotopic (exact) mass is 281 g/mol. The highest BCUT2D eigenvalue weighted by molar-refractivity contribution is 5.92. The zero-order valence-electron chi connectivity index (χ0n) is 11.4. The van der Waals surface area contributed by atoms with E-state index in [4.69, 9.17) is 0 Å². The van der Waals surface area contributed by atoms with Crippen LogP contribution in [0, 0.1) is 5.41 Å². The average Bonchev–Trinajstić information content (AvgIpc) is 2.85. The minimum absolute atomic E-state index is 0.174. The number of amides is 1. The molecule has 1 amide bonds. The van der Waals surface area contributed by atoms with E-state index >= 15 is 0 Å². The number of imidazole rings is 1. The first kappa shape index (κ1) is 14.4. The number of hydrogen-bond acceptors (Lipinski definition) is 3. The fraction of sp³-hybridized carbons (Fsp3) is 0.615. The fourth-order valence-corrected chi connectivity index (χ4v) is 2.89. The third-order valence-corrected chi connectivity index (χ3v) is 3.87. The van der Waals surface area contributed by atoms with E-state index in [2.05, 4.69) is 9.97 Å². The van der Waals surface area contributed by atoms with Crippen molar-refractivity contribution in [3.8, 4) is 0 Å². The van der Waals surface area contributed by atoms with Gasteiger partial charge in [-0.3, -0.25) is 9.59 Å². The summed E-state index contributed by atoms with van der Waals surface area (Å²) in [7, 11) is 0. The summed E-state index contributed by atoms with van der Waals surface area (Å²) in [4.78, 5) is 41.2. The lowest BCUT2D eigenvalue weighted by Crippen LogP contribution is -2.50. The number of likely N-dealkylation sites (tertiary alicyclic amines) is 1. The molecule has 1 aliphatic heterocycles. The molecule has 7 heteroatoms. The van der Waals surface area contributed by atoms with Crippen LogP contribution in [0.1, 0.15) is 43.1 Å². The summed E-state index contributed by atoms with van der Waals surface area (Å²) in [6.45, 7) is 2.65. The first-order valence-corrected chi connectivity index (χ1v) is 6.79. The normalized spacial score (nSPS) is 22.8. The van der Waals surface area contributed by atoms with Crippen LogP contribution in [0.25, 0.3) is 0 Å². The molecule has 0 bridgehead atoms. The van der Waals surface area contributed by atoms with Gasteiger partial charge < -0.3 is 20.0 Å². The first-order valence-electron chi connectivity index (χ1n) is 6.79. The van der Waals surface area contributed by atoms with E-state index in [0.717, 1.165) is 6.42 Å². The van der Waals surface area contributed by atoms with Crippen LogP contribution in [-0.4, -0.2) is 44.9 Å². The Kier molecular flexibility index (Phi) is 3.96. The third-order valence-electron chi connectivity index (χ3n) is 3.87. The van der Waals surface area contributed by atoms with Crippen molar-refractivity contribution in [2.45, 2.75) is 32.6 Å². The summed E-state index contributed by atoms with van der Waals surface area (Å²) in [5, 5.41) is 9.49. The lowest BCUT2D eigenvalue weighted by molar-refractivity contribution is -0.152. The zero-order valence-corrected chi connectivity index (χ0v) is 11.4. The second-order valence-corrected chi connectivity index (χ2v) is 5.32. The van der Waals surface area contributed by atoms with Crippen molar-refractivity contribution in [1.82, 2.24) is 14.9 Å². The number of carbonyl (C=O) groups is 2. The molecule has 1 atom stereocenters. The number of nitrogens with zero attached hydrogens (tertiary/aromatic N) is 1. The van der Waals surface area contributed by atoms with Gasteiger partial charge in [0.2, 0.25) is 0 Å². The highest BCUT2D eigenvalue weighted by atomic mass is 16.4. The van der Waals surface area contributed by atoms with E-state index in [-0.39, 0.29) is 18.1 Å². The molecule has 20 heavy (non-hydrogen) atoms. The average molecular weight is 281 g/mol. The number of H-pyrrole nitrogens is 2. The van der Waals surface area contributed by atoms with Gasteiger partial charge in [0.1, 0.15) is 5.69 Å². The van der Waals surface area contributed by atoms with Crippen molar-refractivity contribution in [1.29, 1.82) is 0 Å². The number of carbonyl (C=O) groups excluding carboxylic acids is 1. The summed E-state index contributed by atoms with van der Waals surface area (Å²) in [5.74, 6) is -1.18. The van der Waals surface area contributed by atoms with Gasteiger partial charge in [-0.2, -0.15) is 0 Å². The van der Waals surface area contributed by atoms with E-state index in [0.29, 0.717) is 25.8 Å². The molecule has 0 saturated carbocycles. The SMILES string of the molecule is CCCC1(C(=O)O)CCCN(C(=O)c2c[nH]c(=O)[nH]2)C1. The fourth-order valence-electron chi connectivity index (χ4n) is 2.89. The van der Waals surface area contributed by atoms with E-state index in [1.54, 1.807) is 0 Å². The summed E-state index contributed by atoms with van der Waals surface area (Å²) >= 11 is 0. The molecule has 1 aliphatic rings. The largest absolute Gasteiger partial charge is 0.481 e. The van der Waals surface area contributed by atoms with E-state index in [1.165, 1.54) is 11.1 Å². The van der Waals surface area contributed by atoms with Crippen LogP contribution in [0.2, 0.25) is 0 Å². The Morgan fingerprint density at radius 2 is 2.25 bits per heavy atom. The van der Waals surface area contributed by atoms with Gasteiger partial charge in [-0.1, -0.05) is 13.3 Å². The first-order chi connectivity index (χ1) is 9.48. The van der Waals surface area contributed by atoms with Crippen LogP contribution < -0.4 is 5.69 Å². The van der Waals surface area contributed by atoms with Crippen LogP contribution >= 0.6 is 0 Å². The van der Waals surface area contributed by atoms with Gasteiger partial charge in [-0.15, -0.1) is 0 Å². The van der Waals surface area contributed by atoms with Crippen molar-refractivity contribution in [3.05, 3.63) is 22.4 Å². The molecule has 1 aromatic heterocycles. The molecule has 110 valence electrons. The van der Waals surface area contributed by atoms with Gasteiger partial charge >= 0.3 is 11.7 Å². The number of aromatic nitrogens is 2. The number of piperidine rings is 1. The maximum Gasteiger partial charge on any atom is 0.323 e. The lowest BCUT2D eigenvalue weighted by atomic mass is 9.76. The summed E-state index contributed by atoms with van der Waals surface area (Å²) in [6.07, 6.45) is 3.88. The minimum atomic E-state index is -0.862. The number of aliphatic carboxylic acids is 1. The zero-order chi connectivity index (χ0) is 14.8. The number of aromatic amines is 2. The Balaban J connectivity index is 2.19. The summed E-state index contributed by atoms with van der Waals surface area (Å²) in [5.41, 5.74) is -1.13. The molecule has 1 fully saturated rings. The van der Waals surface area contributed by atoms with Crippen molar-refractivity contribution in [3.63, 3.8) is 0 Å². The summed E-state index contributed by atoms with van der Waals surface area (Å²) in [6, 6.07) is 0. The second kappa shape index (κ2) is 5.52.